The average molecular weight is 376 g/mol. The Labute approximate surface area is 153 Å². The van der Waals surface area contributed by atoms with Gasteiger partial charge in [0.05, 0.1) is 17.0 Å². The van der Waals surface area contributed by atoms with E-state index in [1.807, 2.05) is 23.6 Å². The molecule has 1 aromatic carbocycles. The summed E-state index contributed by atoms with van der Waals surface area (Å²) in [7, 11) is 1.55. The van der Waals surface area contributed by atoms with Crippen molar-refractivity contribution in [2.75, 3.05) is 18.6 Å². The predicted molar refractivity (Wildman–Crippen MR) is 95.3 cm³/mol. The minimum atomic E-state index is -0.106. The Morgan fingerprint density at radius 3 is 3.00 bits per heavy atom. The van der Waals surface area contributed by atoms with Crippen molar-refractivity contribution in [1.82, 2.24) is 10.1 Å². The molecule has 1 unspecified atom stereocenters. The smallest absolute Gasteiger partial charge is 0.267 e. The minimum Gasteiger partial charge on any atom is -0.495 e. The Balaban J connectivity index is 1.55. The van der Waals surface area contributed by atoms with Crippen LogP contribution in [0.15, 0.2) is 40.2 Å². The topological polar surface area (TPSA) is 68.5 Å². The van der Waals surface area contributed by atoms with Crippen molar-refractivity contribution in [2.24, 2.45) is 0 Å². The van der Waals surface area contributed by atoms with E-state index in [-0.39, 0.29) is 11.8 Å². The number of methoxy groups -OCH3 is 1. The van der Waals surface area contributed by atoms with E-state index >= 15 is 0 Å². The Morgan fingerprint density at radius 2 is 2.28 bits per heavy atom. The molecule has 3 heterocycles. The summed E-state index contributed by atoms with van der Waals surface area (Å²) in [5.41, 5.74) is 0.736. The van der Waals surface area contributed by atoms with Gasteiger partial charge in [0.25, 0.3) is 5.89 Å². The molecule has 0 bridgehead atoms. The second-order valence-electron chi connectivity index (χ2n) is 5.66. The highest BCUT2D eigenvalue weighted by Gasteiger charge is 2.35. The fourth-order valence-electron chi connectivity index (χ4n) is 2.85. The Kier molecular flexibility index (Phi) is 4.19. The summed E-state index contributed by atoms with van der Waals surface area (Å²) in [6.07, 6.45) is 0.340. The van der Waals surface area contributed by atoms with E-state index in [1.54, 1.807) is 24.1 Å². The first-order valence-electron chi connectivity index (χ1n) is 7.67. The zero-order chi connectivity index (χ0) is 17.4. The lowest BCUT2D eigenvalue weighted by atomic mass is 10.1. The summed E-state index contributed by atoms with van der Waals surface area (Å²) in [5, 5.41) is 6.48. The molecular formula is C17H14ClN3O3S. The maximum Gasteiger partial charge on any atom is 0.267 e. The quantitative estimate of drug-likeness (QED) is 0.689. The van der Waals surface area contributed by atoms with Gasteiger partial charge in [-0.25, -0.2) is 0 Å². The molecule has 0 radical (unpaired) electrons. The third kappa shape index (κ3) is 3.01. The maximum absolute atomic E-state index is 12.4. The molecule has 0 saturated carbocycles. The van der Waals surface area contributed by atoms with Crippen LogP contribution in [-0.2, 0) is 4.79 Å². The lowest BCUT2D eigenvalue weighted by molar-refractivity contribution is -0.117. The van der Waals surface area contributed by atoms with Crippen LogP contribution < -0.4 is 9.64 Å². The molecule has 4 rings (SSSR count). The number of carbonyl (C=O) groups is 1. The van der Waals surface area contributed by atoms with E-state index in [0.29, 0.717) is 35.5 Å². The molecule has 1 fully saturated rings. The molecule has 1 aliphatic rings. The van der Waals surface area contributed by atoms with Gasteiger partial charge in [0.15, 0.2) is 5.82 Å². The van der Waals surface area contributed by atoms with Gasteiger partial charge in [-0.1, -0.05) is 22.8 Å². The zero-order valence-corrected chi connectivity index (χ0v) is 14.9. The van der Waals surface area contributed by atoms with Crippen LogP contribution in [-0.4, -0.2) is 29.7 Å². The van der Waals surface area contributed by atoms with Crippen LogP contribution in [0.1, 0.15) is 18.2 Å². The third-order valence-electron chi connectivity index (χ3n) is 4.11. The number of rotatable bonds is 4. The van der Waals surface area contributed by atoms with E-state index in [1.165, 1.54) is 11.3 Å². The number of halogens is 1. The minimum absolute atomic E-state index is 0.00806. The summed E-state index contributed by atoms with van der Waals surface area (Å²) in [4.78, 5) is 19.5. The molecule has 0 spiro atoms. The lowest BCUT2D eigenvalue weighted by Gasteiger charge is -2.17. The Hall–Kier alpha value is -2.38. The summed E-state index contributed by atoms with van der Waals surface area (Å²) < 4.78 is 10.5. The number of anilines is 1. The molecule has 25 heavy (non-hydrogen) atoms. The number of hydrogen-bond donors (Lipinski definition) is 0. The molecule has 6 nitrogen and oxygen atoms in total. The number of thiophene rings is 1. The number of carbonyl (C=O) groups excluding carboxylic acids is 1. The Morgan fingerprint density at radius 1 is 1.40 bits per heavy atom. The van der Waals surface area contributed by atoms with Gasteiger partial charge < -0.3 is 14.2 Å². The number of benzene rings is 1. The largest absolute Gasteiger partial charge is 0.495 e. The lowest BCUT2D eigenvalue weighted by Crippen LogP contribution is -2.24. The van der Waals surface area contributed by atoms with Crippen LogP contribution in [0.25, 0.3) is 10.8 Å². The average Bonchev–Trinajstić information content (AvgIpc) is 3.34. The van der Waals surface area contributed by atoms with Crippen LogP contribution in [0, 0.1) is 0 Å². The van der Waals surface area contributed by atoms with Gasteiger partial charge in [-0.05, 0) is 29.6 Å². The van der Waals surface area contributed by atoms with Gasteiger partial charge in [0.2, 0.25) is 5.91 Å². The van der Waals surface area contributed by atoms with Crippen molar-refractivity contribution >= 4 is 34.5 Å². The number of aromatic nitrogens is 2. The molecule has 128 valence electrons. The standard InChI is InChI=1S/C17H14ClN3O3S/c1-23-13-5-4-11(8-12(13)18)21-9-10(7-15(21)22)16-19-17(24-20-16)14-3-2-6-25-14/h2-6,8,10H,7,9H2,1H3. The molecule has 3 aromatic rings. The van der Waals surface area contributed by atoms with E-state index in [2.05, 4.69) is 10.1 Å². The van der Waals surface area contributed by atoms with E-state index < -0.39 is 0 Å². The summed E-state index contributed by atoms with van der Waals surface area (Å²) in [6, 6.07) is 9.15. The van der Waals surface area contributed by atoms with Crippen molar-refractivity contribution in [1.29, 1.82) is 0 Å². The molecule has 1 atom stereocenters. The van der Waals surface area contributed by atoms with E-state index in [9.17, 15) is 4.79 Å². The Bertz CT molecular complexity index is 910. The molecule has 0 aliphatic carbocycles. The number of ether oxygens (including phenoxy) is 1. The summed E-state index contributed by atoms with van der Waals surface area (Å²) in [5.74, 6) is 1.52. The van der Waals surface area contributed by atoms with Gasteiger partial charge in [0.1, 0.15) is 5.75 Å². The molecule has 2 aromatic heterocycles. The molecule has 0 N–H and O–H groups in total. The molecule has 1 amide bonds. The fraction of sp³-hybridized carbons (Fsp3) is 0.235. The number of nitrogens with zero attached hydrogens (tertiary/aromatic N) is 3. The van der Waals surface area contributed by atoms with E-state index in [4.69, 9.17) is 20.9 Å². The highest BCUT2D eigenvalue weighted by Crippen LogP contribution is 2.35. The summed E-state index contributed by atoms with van der Waals surface area (Å²) >= 11 is 7.70. The fourth-order valence-corrected chi connectivity index (χ4v) is 3.75. The van der Waals surface area contributed by atoms with Gasteiger partial charge >= 0.3 is 0 Å². The molecule has 8 heteroatoms. The highest BCUT2D eigenvalue weighted by atomic mass is 35.5. The third-order valence-corrected chi connectivity index (χ3v) is 5.26. The van der Waals surface area contributed by atoms with Crippen LogP contribution in [0.4, 0.5) is 5.69 Å². The van der Waals surface area contributed by atoms with E-state index in [0.717, 1.165) is 10.6 Å². The normalized spacial score (nSPS) is 17.3. The molecule has 1 aliphatic heterocycles. The van der Waals surface area contributed by atoms with Gasteiger partial charge in [0, 0.05) is 24.6 Å². The van der Waals surface area contributed by atoms with Crippen LogP contribution in [0.2, 0.25) is 5.02 Å². The highest BCUT2D eigenvalue weighted by molar-refractivity contribution is 7.13. The monoisotopic (exact) mass is 375 g/mol. The van der Waals surface area contributed by atoms with Crippen molar-refractivity contribution < 1.29 is 14.1 Å². The summed E-state index contributed by atoms with van der Waals surface area (Å²) in [6.45, 7) is 0.491. The van der Waals surface area contributed by atoms with Crippen molar-refractivity contribution in [2.45, 2.75) is 12.3 Å². The van der Waals surface area contributed by atoms with Crippen molar-refractivity contribution in [3.63, 3.8) is 0 Å². The van der Waals surface area contributed by atoms with Gasteiger partial charge in [-0.2, -0.15) is 4.98 Å². The maximum atomic E-state index is 12.4. The predicted octanol–water partition coefficient (Wildman–Crippen LogP) is 3.98. The van der Waals surface area contributed by atoms with Crippen LogP contribution >= 0.6 is 22.9 Å². The van der Waals surface area contributed by atoms with Crippen LogP contribution in [0.3, 0.4) is 0 Å². The first-order valence-corrected chi connectivity index (χ1v) is 8.93. The van der Waals surface area contributed by atoms with Crippen molar-refractivity contribution in [3.05, 3.63) is 46.6 Å². The second kappa shape index (κ2) is 6.50. The van der Waals surface area contributed by atoms with Crippen molar-refractivity contribution in [3.8, 4) is 16.5 Å². The number of amides is 1. The second-order valence-corrected chi connectivity index (χ2v) is 7.01. The SMILES string of the molecule is COc1ccc(N2CC(c3noc(-c4cccs4)n3)CC2=O)cc1Cl. The molecular weight excluding hydrogens is 362 g/mol. The van der Waals surface area contributed by atoms with Gasteiger partial charge in [-0.15, -0.1) is 11.3 Å². The number of hydrogen-bond acceptors (Lipinski definition) is 6. The first kappa shape index (κ1) is 16.1. The van der Waals surface area contributed by atoms with Crippen LogP contribution in [0.5, 0.6) is 5.75 Å². The first-order chi connectivity index (χ1) is 12.2. The molecule has 1 saturated heterocycles. The zero-order valence-electron chi connectivity index (χ0n) is 13.3. The van der Waals surface area contributed by atoms with Gasteiger partial charge in [-0.3, -0.25) is 4.79 Å².